The van der Waals surface area contributed by atoms with Crippen molar-refractivity contribution < 1.29 is 9.52 Å². The molecule has 0 aliphatic carbocycles. The summed E-state index contributed by atoms with van der Waals surface area (Å²) in [7, 11) is 0. The van der Waals surface area contributed by atoms with E-state index in [4.69, 9.17) is 4.42 Å². The molecule has 0 fully saturated rings. The van der Waals surface area contributed by atoms with Crippen LogP contribution in [-0.4, -0.2) is 5.11 Å². The van der Waals surface area contributed by atoms with E-state index in [-0.39, 0.29) is 0 Å². The van der Waals surface area contributed by atoms with E-state index in [1.807, 2.05) is 25.1 Å². The van der Waals surface area contributed by atoms with E-state index in [1.165, 1.54) is 11.3 Å². The van der Waals surface area contributed by atoms with Gasteiger partial charge in [-0.05, 0) is 41.1 Å². The van der Waals surface area contributed by atoms with E-state index in [9.17, 15) is 5.11 Å². The first kappa shape index (κ1) is 9.96. The zero-order chi connectivity index (χ0) is 10.1. The van der Waals surface area contributed by atoms with Crippen LogP contribution in [0.25, 0.3) is 0 Å². The summed E-state index contributed by atoms with van der Waals surface area (Å²) in [6.45, 7) is 1.86. The van der Waals surface area contributed by atoms with Gasteiger partial charge in [-0.2, -0.15) is 0 Å². The summed E-state index contributed by atoms with van der Waals surface area (Å²) in [6.07, 6.45) is 1.01. The van der Waals surface area contributed by atoms with Crippen molar-refractivity contribution >= 4 is 27.3 Å². The number of aliphatic hydroxyl groups excluding tert-OH is 1. The highest BCUT2D eigenvalue weighted by molar-refractivity contribution is 9.11. The van der Waals surface area contributed by atoms with Crippen LogP contribution in [0, 0.1) is 6.92 Å². The van der Waals surface area contributed by atoms with Crippen LogP contribution in [0.5, 0.6) is 0 Å². The molecule has 2 nitrogen and oxygen atoms in total. The Hall–Kier alpha value is -0.580. The first-order valence-electron chi connectivity index (χ1n) is 4.15. The Morgan fingerprint density at radius 2 is 2.29 bits per heavy atom. The molecular weight excluding hydrogens is 264 g/mol. The van der Waals surface area contributed by atoms with Crippen LogP contribution in [0.1, 0.15) is 22.3 Å². The molecule has 0 radical (unpaired) electrons. The molecule has 2 aromatic heterocycles. The smallest absolute Gasteiger partial charge is 0.116 e. The summed E-state index contributed by atoms with van der Waals surface area (Å²) in [5.74, 6) is 0.815. The number of aryl methyl sites for hydroxylation is 1. The van der Waals surface area contributed by atoms with Crippen LogP contribution in [0.15, 0.2) is 32.7 Å². The van der Waals surface area contributed by atoms with Gasteiger partial charge in [0.1, 0.15) is 11.9 Å². The molecular formula is C10H9BrO2S. The summed E-state index contributed by atoms with van der Waals surface area (Å²) >= 11 is 4.89. The van der Waals surface area contributed by atoms with Gasteiger partial charge in [-0.25, -0.2) is 0 Å². The van der Waals surface area contributed by atoms with E-state index < -0.39 is 6.10 Å². The lowest BCUT2D eigenvalue weighted by Crippen LogP contribution is -1.93. The van der Waals surface area contributed by atoms with Gasteiger partial charge in [0.15, 0.2) is 0 Å². The van der Waals surface area contributed by atoms with E-state index in [0.717, 1.165) is 20.0 Å². The minimum absolute atomic E-state index is 0.580. The van der Waals surface area contributed by atoms with E-state index in [0.29, 0.717) is 0 Å². The van der Waals surface area contributed by atoms with Crippen molar-refractivity contribution in [2.45, 2.75) is 13.0 Å². The number of rotatable bonds is 2. The Kier molecular flexibility index (Phi) is 2.76. The van der Waals surface area contributed by atoms with Gasteiger partial charge >= 0.3 is 0 Å². The van der Waals surface area contributed by atoms with Gasteiger partial charge in [0, 0.05) is 10.4 Å². The molecule has 2 aromatic rings. The minimum atomic E-state index is -0.580. The van der Waals surface area contributed by atoms with Crippen LogP contribution in [0.2, 0.25) is 0 Å². The fourth-order valence-corrected chi connectivity index (χ4v) is 2.68. The predicted octanol–water partition coefficient (Wildman–Crippen LogP) is 3.49. The summed E-state index contributed by atoms with van der Waals surface area (Å²) in [5.41, 5.74) is 0.803. The molecule has 0 aliphatic rings. The molecule has 1 unspecified atom stereocenters. The molecule has 0 spiro atoms. The molecule has 0 amide bonds. The van der Waals surface area contributed by atoms with Crippen molar-refractivity contribution in [3.05, 3.63) is 44.4 Å². The molecule has 0 saturated heterocycles. The van der Waals surface area contributed by atoms with Crippen LogP contribution >= 0.6 is 27.3 Å². The molecule has 0 aliphatic heterocycles. The third-order valence-electron chi connectivity index (χ3n) is 1.93. The highest BCUT2D eigenvalue weighted by Gasteiger charge is 2.14. The maximum absolute atomic E-state index is 9.95. The first-order chi connectivity index (χ1) is 6.66. The maximum atomic E-state index is 9.95. The number of aliphatic hydroxyl groups is 1. The number of hydrogen-bond donors (Lipinski definition) is 1. The summed E-state index contributed by atoms with van der Waals surface area (Å²) in [6, 6.07) is 5.68. The Morgan fingerprint density at radius 3 is 2.79 bits per heavy atom. The zero-order valence-electron chi connectivity index (χ0n) is 7.53. The standard InChI is InChI=1S/C10H9BrO2S/c1-6-4-7(5-13-6)10(12)8-2-3-9(11)14-8/h2-5,10,12H,1H3. The van der Waals surface area contributed by atoms with Crippen molar-refractivity contribution in [1.82, 2.24) is 0 Å². The lowest BCUT2D eigenvalue weighted by molar-refractivity contribution is 0.223. The second-order valence-electron chi connectivity index (χ2n) is 3.04. The molecule has 1 atom stereocenters. The second-order valence-corrected chi connectivity index (χ2v) is 5.53. The number of furan rings is 1. The monoisotopic (exact) mass is 272 g/mol. The Labute approximate surface area is 94.3 Å². The molecule has 0 saturated carbocycles. The number of thiophene rings is 1. The Balaban J connectivity index is 2.28. The van der Waals surface area contributed by atoms with Crippen molar-refractivity contribution in [1.29, 1.82) is 0 Å². The van der Waals surface area contributed by atoms with Gasteiger partial charge in [-0.3, -0.25) is 0 Å². The van der Waals surface area contributed by atoms with Crippen molar-refractivity contribution in [2.24, 2.45) is 0 Å². The van der Waals surface area contributed by atoms with E-state index >= 15 is 0 Å². The average Bonchev–Trinajstić information content (AvgIpc) is 2.73. The molecule has 2 rings (SSSR count). The molecule has 14 heavy (non-hydrogen) atoms. The SMILES string of the molecule is Cc1cc(C(O)c2ccc(Br)s2)co1. The average molecular weight is 273 g/mol. The van der Waals surface area contributed by atoms with Crippen molar-refractivity contribution in [3.63, 3.8) is 0 Å². The molecule has 74 valence electrons. The predicted molar refractivity (Wildman–Crippen MR) is 59.5 cm³/mol. The van der Waals surface area contributed by atoms with Crippen molar-refractivity contribution in [2.75, 3.05) is 0 Å². The second kappa shape index (κ2) is 3.88. The largest absolute Gasteiger partial charge is 0.469 e. The maximum Gasteiger partial charge on any atom is 0.116 e. The van der Waals surface area contributed by atoms with E-state index in [1.54, 1.807) is 6.26 Å². The third kappa shape index (κ3) is 1.92. The lowest BCUT2D eigenvalue weighted by Gasteiger charge is -2.03. The minimum Gasteiger partial charge on any atom is -0.469 e. The third-order valence-corrected chi connectivity index (χ3v) is 3.61. The zero-order valence-corrected chi connectivity index (χ0v) is 9.93. The van der Waals surface area contributed by atoms with Gasteiger partial charge in [0.05, 0.1) is 10.0 Å². The fraction of sp³-hybridized carbons (Fsp3) is 0.200. The molecule has 2 heterocycles. The van der Waals surface area contributed by atoms with Crippen LogP contribution in [0.3, 0.4) is 0 Å². The fourth-order valence-electron chi connectivity index (χ4n) is 1.25. The molecule has 0 aromatic carbocycles. The highest BCUT2D eigenvalue weighted by atomic mass is 79.9. The highest BCUT2D eigenvalue weighted by Crippen LogP contribution is 2.31. The van der Waals surface area contributed by atoms with Gasteiger partial charge in [-0.15, -0.1) is 11.3 Å². The summed E-state index contributed by atoms with van der Waals surface area (Å²) in [4.78, 5) is 0.915. The lowest BCUT2D eigenvalue weighted by atomic mass is 10.1. The van der Waals surface area contributed by atoms with Crippen LogP contribution < -0.4 is 0 Å². The van der Waals surface area contributed by atoms with Crippen LogP contribution in [0.4, 0.5) is 0 Å². The van der Waals surface area contributed by atoms with Gasteiger partial charge < -0.3 is 9.52 Å². The van der Waals surface area contributed by atoms with Gasteiger partial charge in [0.2, 0.25) is 0 Å². The Morgan fingerprint density at radius 1 is 1.50 bits per heavy atom. The van der Waals surface area contributed by atoms with Crippen molar-refractivity contribution in [3.8, 4) is 0 Å². The topological polar surface area (TPSA) is 33.4 Å². The quantitative estimate of drug-likeness (QED) is 0.908. The van der Waals surface area contributed by atoms with Crippen LogP contribution in [-0.2, 0) is 0 Å². The van der Waals surface area contributed by atoms with E-state index in [2.05, 4.69) is 15.9 Å². The molecule has 4 heteroatoms. The number of hydrogen-bond acceptors (Lipinski definition) is 3. The summed E-state index contributed by atoms with van der Waals surface area (Å²) < 4.78 is 6.17. The van der Waals surface area contributed by atoms with Gasteiger partial charge in [-0.1, -0.05) is 0 Å². The molecule has 1 N–H and O–H groups in total. The number of halogens is 1. The normalized spacial score (nSPS) is 13.1. The summed E-state index contributed by atoms with van der Waals surface area (Å²) in [5, 5.41) is 9.95. The first-order valence-corrected chi connectivity index (χ1v) is 5.76. The Bertz CT molecular complexity index is 393. The molecule has 0 bridgehead atoms. The van der Waals surface area contributed by atoms with Gasteiger partial charge in [0.25, 0.3) is 0 Å².